The Kier molecular flexibility index (Phi) is 4.00. The third-order valence-corrected chi connectivity index (χ3v) is 3.35. The lowest BCUT2D eigenvalue weighted by Crippen LogP contribution is -2.40. The van der Waals surface area contributed by atoms with Gasteiger partial charge in [0.15, 0.2) is 0 Å². The molecule has 3 heteroatoms. The van der Waals surface area contributed by atoms with E-state index in [4.69, 9.17) is 0 Å². The van der Waals surface area contributed by atoms with Crippen LogP contribution in [0.25, 0.3) is 0 Å². The quantitative estimate of drug-likeness (QED) is 0.865. The standard InChI is InChI=1S/C14H23N3/c1-11(2)16-10-14-5-4-8-17(14)13-6-7-15-12(3)9-13/h6-7,9,11,14,16H,4-5,8,10H2,1-3H3. The first-order chi connectivity index (χ1) is 8.16. The lowest BCUT2D eigenvalue weighted by Gasteiger charge is -2.28. The maximum atomic E-state index is 4.27. The fraction of sp³-hybridized carbons (Fsp3) is 0.643. The van der Waals surface area contributed by atoms with Crippen LogP contribution >= 0.6 is 0 Å². The van der Waals surface area contributed by atoms with Gasteiger partial charge in [0.25, 0.3) is 0 Å². The number of aryl methyl sites for hydroxylation is 1. The Labute approximate surface area is 104 Å². The Hall–Kier alpha value is -1.09. The van der Waals surface area contributed by atoms with Gasteiger partial charge in [-0.1, -0.05) is 13.8 Å². The Balaban J connectivity index is 2.04. The summed E-state index contributed by atoms with van der Waals surface area (Å²) >= 11 is 0. The molecule has 0 bridgehead atoms. The summed E-state index contributed by atoms with van der Waals surface area (Å²) in [6.45, 7) is 8.72. The van der Waals surface area contributed by atoms with Gasteiger partial charge in [-0.25, -0.2) is 0 Å². The van der Waals surface area contributed by atoms with Gasteiger partial charge in [0, 0.05) is 42.8 Å². The van der Waals surface area contributed by atoms with E-state index in [9.17, 15) is 0 Å². The van der Waals surface area contributed by atoms with Gasteiger partial charge in [0.1, 0.15) is 0 Å². The van der Waals surface area contributed by atoms with Crippen LogP contribution in [0.1, 0.15) is 32.4 Å². The number of anilines is 1. The van der Waals surface area contributed by atoms with Crippen molar-refractivity contribution in [2.45, 2.75) is 45.7 Å². The Morgan fingerprint density at radius 3 is 3.06 bits per heavy atom. The van der Waals surface area contributed by atoms with Crippen molar-refractivity contribution < 1.29 is 0 Å². The molecule has 1 aliphatic heterocycles. The minimum atomic E-state index is 0.566. The normalized spacial score (nSPS) is 20.2. The van der Waals surface area contributed by atoms with Crippen LogP contribution in [0.2, 0.25) is 0 Å². The second-order valence-electron chi connectivity index (χ2n) is 5.21. The summed E-state index contributed by atoms with van der Waals surface area (Å²) < 4.78 is 0. The smallest absolute Gasteiger partial charge is 0.0415 e. The number of rotatable bonds is 4. The van der Waals surface area contributed by atoms with E-state index in [0.717, 1.165) is 12.2 Å². The molecule has 17 heavy (non-hydrogen) atoms. The molecule has 0 radical (unpaired) electrons. The van der Waals surface area contributed by atoms with E-state index < -0.39 is 0 Å². The maximum absolute atomic E-state index is 4.27. The van der Waals surface area contributed by atoms with E-state index in [1.54, 1.807) is 0 Å². The van der Waals surface area contributed by atoms with E-state index >= 15 is 0 Å². The Morgan fingerprint density at radius 1 is 1.53 bits per heavy atom. The van der Waals surface area contributed by atoms with Gasteiger partial charge in [-0.15, -0.1) is 0 Å². The minimum absolute atomic E-state index is 0.566. The number of hydrogen-bond donors (Lipinski definition) is 1. The van der Waals surface area contributed by atoms with Crippen molar-refractivity contribution in [1.29, 1.82) is 0 Å². The van der Waals surface area contributed by atoms with Crippen LogP contribution < -0.4 is 10.2 Å². The van der Waals surface area contributed by atoms with Gasteiger partial charge in [-0.3, -0.25) is 4.98 Å². The van der Waals surface area contributed by atoms with Crippen molar-refractivity contribution in [2.24, 2.45) is 0 Å². The van der Waals surface area contributed by atoms with Crippen LogP contribution in [0, 0.1) is 6.92 Å². The first-order valence-electron chi connectivity index (χ1n) is 6.59. The lowest BCUT2D eigenvalue weighted by atomic mass is 10.2. The maximum Gasteiger partial charge on any atom is 0.0415 e. The summed E-state index contributed by atoms with van der Waals surface area (Å²) in [6, 6.07) is 5.52. The summed E-state index contributed by atoms with van der Waals surface area (Å²) in [4.78, 5) is 6.79. The summed E-state index contributed by atoms with van der Waals surface area (Å²) in [5, 5.41) is 3.54. The predicted octanol–water partition coefficient (Wildman–Crippen LogP) is 2.36. The molecule has 1 unspecified atom stereocenters. The van der Waals surface area contributed by atoms with E-state index in [2.05, 4.69) is 48.1 Å². The fourth-order valence-electron chi connectivity index (χ4n) is 2.47. The van der Waals surface area contributed by atoms with Crippen molar-refractivity contribution >= 4 is 5.69 Å². The highest BCUT2D eigenvalue weighted by Gasteiger charge is 2.24. The molecule has 0 aromatic carbocycles. The van der Waals surface area contributed by atoms with Gasteiger partial charge < -0.3 is 10.2 Å². The molecule has 0 amide bonds. The number of hydrogen-bond acceptors (Lipinski definition) is 3. The van der Waals surface area contributed by atoms with Crippen LogP contribution in [-0.2, 0) is 0 Å². The van der Waals surface area contributed by atoms with Crippen LogP contribution in [0.5, 0.6) is 0 Å². The zero-order chi connectivity index (χ0) is 12.3. The van der Waals surface area contributed by atoms with Gasteiger partial charge in [0.2, 0.25) is 0 Å². The van der Waals surface area contributed by atoms with Crippen molar-refractivity contribution in [3.8, 4) is 0 Å². The van der Waals surface area contributed by atoms with Crippen LogP contribution in [0.15, 0.2) is 18.3 Å². The molecule has 1 aromatic heterocycles. The average molecular weight is 233 g/mol. The molecule has 94 valence electrons. The molecule has 3 nitrogen and oxygen atoms in total. The second kappa shape index (κ2) is 5.50. The summed E-state index contributed by atoms with van der Waals surface area (Å²) in [7, 11) is 0. The molecule has 2 heterocycles. The fourth-order valence-corrected chi connectivity index (χ4v) is 2.47. The first-order valence-corrected chi connectivity index (χ1v) is 6.59. The largest absolute Gasteiger partial charge is 0.367 e. The molecule has 1 atom stereocenters. The van der Waals surface area contributed by atoms with E-state index in [1.165, 1.54) is 25.1 Å². The third-order valence-electron chi connectivity index (χ3n) is 3.35. The van der Waals surface area contributed by atoms with E-state index in [-0.39, 0.29) is 0 Å². The van der Waals surface area contributed by atoms with E-state index in [0.29, 0.717) is 12.1 Å². The molecule has 1 saturated heterocycles. The Bertz CT molecular complexity index is 362. The van der Waals surface area contributed by atoms with Crippen LogP contribution in [0.4, 0.5) is 5.69 Å². The topological polar surface area (TPSA) is 28.2 Å². The highest BCUT2D eigenvalue weighted by molar-refractivity contribution is 5.48. The molecule has 1 fully saturated rings. The molecule has 0 aliphatic carbocycles. The second-order valence-corrected chi connectivity index (χ2v) is 5.21. The van der Waals surface area contributed by atoms with Crippen molar-refractivity contribution in [1.82, 2.24) is 10.3 Å². The van der Waals surface area contributed by atoms with Gasteiger partial charge >= 0.3 is 0 Å². The molecule has 0 saturated carbocycles. The summed E-state index contributed by atoms with van der Waals surface area (Å²) in [5.74, 6) is 0. The van der Waals surface area contributed by atoms with Crippen molar-refractivity contribution in [3.63, 3.8) is 0 Å². The zero-order valence-electron chi connectivity index (χ0n) is 11.1. The highest BCUT2D eigenvalue weighted by Crippen LogP contribution is 2.25. The summed E-state index contributed by atoms with van der Waals surface area (Å²) in [5.41, 5.74) is 2.43. The Morgan fingerprint density at radius 2 is 2.35 bits per heavy atom. The summed E-state index contributed by atoms with van der Waals surface area (Å²) in [6.07, 6.45) is 4.50. The van der Waals surface area contributed by atoms with Gasteiger partial charge in [-0.05, 0) is 31.9 Å². The number of pyridine rings is 1. The number of aromatic nitrogens is 1. The lowest BCUT2D eigenvalue weighted by molar-refractivity contribution is 0.524. The van der Waals surface area contributed by atoms with Crippen LogP contribution in [-0.4, -0.2) is 30.2 Å². The molecular formula is C14H23N3. The molecule has 1 N–H and O–H groups in total. The minimum Gasteiger partial charge on any atom is -0.367 e. The molecule has 1 aliphatic rings. The SMILES string of the molecule is Cc1cc(N2CCCC2CNC(C)C)ccn1. The van der Waals surface area contributed by atoms with Gasteiger partial charge in [0.05, 0.1) is 0 Å². The highest BCUT2D eigenvalue weighted by atomic mass is 15.2. The van der Waals surface area contributed by atoms with Crippen molar-refractivity contribution in [3.05, 3.63) is 24.0 Å². The third kappa shape index (κ3) is 3.19. The van der Waals surface area contributed by atoms with Crippen molar-refractivity contribution in [2.75, 3.05) is 18.0 Å². The van der Waals surface area contributed by atoms with E-state index in [1.807, 2.05) is 6.20 Å². The first kappa shape index (κ1) is 12.4. The van der Waals surface area contributed by atoms with Gasteiger partial charge in [-0.2, -0.15) is 0 Å². The van der Waals surface area contributed by atoms with Crippen LogP contribution in [0.3, 0.4) is 0 Å². The average Bonchev–Trinajstić information content (AvgIpc) is 2.74. The molecule has 0 spiro atoms. The zero-order valence-corrected chi connectivity index (χ0v) is 11.1. The molecule has 2 rings (SSSR count). The molecular weight excluding hydrogens is 210 g/mol. The number of nitrogens with zero attached hydrogens (tertiary/aromatic N) is 2. The monoisotopic (exact) mass is 233 g/mol. The molecule has 1 aromatic rings. The predicted molar refractivity (Wildman–Crippen MR) is 72.5 cm³/mol. The number of nitrogens with one attached hydrogen (secondary N) is 1.